The van der Waals surface area contributed by atoms with Crippen molar-refractivity contribution in [2.75, 3.05) is 6.66 Å². The number of aryl methyl sites for hydroxylation is 1. The summed E-state index contributed by atoms with van der Waals surface area (Å²) in [6.45, 7) is 6.56. The first-order valence-electron chi connectivity index (χ1n) is 6.66. The van der Waals surface area contributed by atoms with Gasteiger partial charge in [0.1, 0.15) is 23.0 Å². The fourth-order valence-corrected chi connectivity index (χ4v) is 3.42. The van der Waals surface area contributed by atoms with Crippen LogP contribution in [-0.2, 0) is 9.09 Å². The molecule has 1 atom stereocenters. The Labute approximate surface area is 127 Å². The van der Waals surface area contributed by atoms with E-state index in [1.54, 1.807) is 32.9 Å². The Hall–Kier alpha value is -2.09. The van der Waals surface area contributed by atoms with Crippen LogP contribution in [0.25, 0.3) is 11.0 Å². The van der Waals surface area contributed by atoms with E-state index in [0.717, 1.165) is 0 Å². The van der Waals surface area contributed by atoms with Crippen LogP contribution in [0.15, 0.2) is 27.4 Å². The van der Waals surface area contributed by atoms with Crippen molar-refractivity contribution >= 4 is 18.6 Å². The minimum absolute atomic E-state index is 0.0227. The van der Waals surface area contributed by atoms with Crippen LogP contribution in [0.1, 0.15) is 25.0 Å². The third-order valence-electron chi connectivity index (χ3n) is 2.92. The highest BCUT2D eigenvalue weighted by Crippen LogP contribution is 2.45. The molecule has 0 aliphatic rings. The second-order valence-corrected chi connectivity index (χ2v) is 7.11. The van der Waals surface area contributed by atoms with Crippen LogP contribution in [0.4, 0.5) is 0 Å². The summed E-state index contributed by atoms with van der Waals surface area (Å²) in [5, 5.41) is 9.59. The molecular weight excluding hydrogens is 305 g/mol. The maximum atomic E-state index is 12.2. The van der Waals surface area contributed by atoms with E-state index in [1.807, 2.05) is 6.07 Å². The van der Waals surface area contributed by atoms with Gasteiger partial charge in [0.05, 0.1) is 6.10 Å². The summed E-state index contributed by atoms with van der Waals surface area (Å²) in [6.07, 6.45) is -0.241. The van der Waals surface area contributed by atoms with Gasteiger partial charge < -0.3 is 8.94 Å². The number of nitriles is 1. The Kier molecular flexibility index (Phi) is 4.41. The van der Waals surface area contributed by atoms with E-state index in [9.17, 15) is 9.36 Å². The van der Waals surface area contributed by atoms with Gasteiger partial charge in [-0.1, -0.05) is 0 Å². The molecule has 1 unspecified atom stereocenters. The topological polar surface area (TPSA) is 89.5 Å². The largest absolute Gasteiger partial charge is 0.424 e. The van der Waals surface area contributed by atoms with E-state index in [1.165, 1.54) is 12.7 Å². The van der Waals surface area contributed by atoms with E-state index in [0.29, 0.717) is 10.9 Å². The van der Waals surface area contributed by atoms with E-state index in [2.05, 4.69) is 0 Å². The highest BCUT2D eigenvalue weighted by atomic mass is 31.2. The predicted molar refractivity (Wildman–Crippen MR) is 82.3 cm³/mol. The van der Waals surface area contributed by atoms with Crippen molar-refractivity contribution in [2.45, 2.75) is 26.9 Å². The normalized spacial score (nSPS) is 13.8. The predicted octanol–water partition coefficient (Wildman–Crippen LogP) is 3.60. The summed E-state index contributed by atoms with van der Waals surface area (Å²) in [7, 11) is -3.26. The fraction of sp³-hybridized carbons (Fsp3) is 0.333. The summed E-state index contributed by atoms with van der Waals surface area (Å²) in [5.74, 6) is 0.270. The lowest BCUT2D eigenvalue weighted by Crippen LogP contribution is -2.07. The monoisotopic (exact) mass is 321 g/mol. The van der Waals surface area contributed by atoms with Crippen LogP contribution in [-0.4, -0.2) is 12.8 Å². The Morgan fingerprint density at radius 3 is 2.64 bits per heavy atom. The summed E-state index contributed by atoms with van der Waals surface area (Å²) < 4.78 is 27.9. The second-order valence-electron chi connectivity index (χ2n) is 5.18. The van der Waals surface area contributed by atoms with Crippen molar-refractivity contribution in [3.63, 3.8) is 0 Å². The van der Waals surface area contributed by atoms with Gasteiger partial charge in [-0.15, -0.1) is 0 Å². The zero-order chi connectivity index (χ0) is 16.5. The third-order valence-corrected chi connectivity index (χ3v) is 4.27. The van der Waals surface area contributed by atoms with E-state index < -0.39 is 13.2 Å². The molecule has 1 aromatic heterocycles. The van der Waals surface area contributed by atoms with Crippen LogP contribution in [0.3, 0.4) is 0 Å². The highest BCUT2D eigenvalue weighted by molar-refractivity contribution is 7.53. The average molecular weight is 321 g/mol. The van der Waals surface area contributed by atoms with Gasteiger partial charge in [-0.25, -0.2) is 9.36 Å². The minimum atomic E-state index is -3.26. The van der Waals surface area contributed by atoms with Crippen LogP contribution < -0.4 is 10.1 Å². The maximum absolute atomic E-state index is 12.2. The van der Waals surface area contributed by atoms with Crippen LogP contribution in [0, 0.1) is 18.3 Å². The van der Waals surface area contributed by atoms with Gasteiger partial charge in [-0.3, -0.25) is 4.52 Å². The Balaban J connectivity index is 2.47. The zero-order valence-corrected chi connectivity index (χ0v) is 13.6. The maximum Gasteiger partial charge on any atom is 0.376 e. The van der Waals surface area contributed by atoms with Crippen molar-refractivity contribution in [3.8, 4) is 11.8 Å². The van der Waals surface area contributed by atoms with E-state index in [-0.39, 0.29) is 23.0 Å². The molecule has 1 aromatic carbocycles. The summed E-state index contributed by atoms with van der Waals surface area (Å²) >= 11 is 0. The molecule has 0 saturated heterocycles. The van der Waals surface area contributed by atoms with Crippen LogP contribution >= 0.6 is 7.60 Å². The quantitative estimate of drug-likeness (QED) is 0.631. The molecule has 6 nitrogen and oxygen atoms in total. The van der Waals surface area contributed by atoms with Gasteiger partial charge in [0.25, 0.3) is 0 Å². The van der Waals surface area contributed by atoms with Crippen molar-refractivity contribution in [2.24, 2.45) is 0 Å². The van der Waals surface area contributed by atoms with E-state index in [4.69, 9.17) is 18.7 Å². The number of hydrogen-bond acceptors (Lipinski definition) is 6. The van der Waals surface area contributed by atoms with Crippen LogP contribution in [0.2, 0.25) is 0 Å². The van der Waals surface area contributed by atoms with Gasteiger partial charge in [0, 0.05) is 18.1 Å². The smallest absolute Gasteiger partial charge is 0.376 e. The minimum Gasteiger partial charge on any atom is -0.424 e. The Bertz CT molecular complexity index is 863. The highest BCUT2D eigenvalue weighted by Gasteiger charge is 2.21. The number of hydrogen-bond donors (Lipinski definition) is 0. The van der Waals surface area contributed by atoms with E-state index >= 15 is 0 Å². The molecule has 22 heavy (non-hydrogen) atoms. The fourth-order valence-electron chi connectivity index (χ4n) is 2.12. The Morgan fingerprint density at radius 1 is 1.36 bits per heavy atom. The van der Waals surface area contributed by atoms with Crippen molar-refractivity contribution in [1.29, 1.82) is 5.26 Å². The molecule has 2 aromatic rings. The molecule has 0 radical (unpaired) electrons. The van der Waals surface area contributed by atoms with Crippen LogP contribution in [0.5, 0.6) is 5.75 Å². The lowest BCUT2D eigenvalue weighted by atomic mass is 10.1. The molecule has 7 heteroatoms. The molecule has 116 valence electrons. The van der Waals surface area contributed by atoms with Gasteiger partial charge in [0.2, 0.25) is 0 Å². The lowest BCUT2D eigenvalue weighted by molar-refractivity contribution is 0.213. The van der Waals surface area contributed by atoms with Crippen molar-refractivity contribution in [1.82, 2.24) is 0 Å². The number of nitrogens with zero attached hydrogens (tertiary/aromatic N) is 1. The summed E-state index contributed by atoms with van der Waals surface area (Å²) in [5.41, 5.74) is 0.0789. The third kappa shape index (κ3) is 3.38. The molecule has 0 bridgehead atoms. The molecule has 0 aliphatic heterocycles. The molecule has 1 heterocycles. The molecule has 0 amide bonds. The SMILES string of the molecule is Cc1c(C#N)c(=O)oc2cc(OP(C)(=O)OC(C)C)ccc12. The summed E-state index contributed by atoms with van der Waals surface area (Å²) in [4.78, 5) is 11.7. The second kappa shape index (κ2) is 5.96. The zero-order valence-electron chi connectivity index (χ0n) is 12.7. The first-order chi connectivity index (χ1) is 10.2. The van der Waals surface area contributed by atoms with Gasteiger partial charge in [-0.2, -0.15) is 5.26 Å². The first-order valence-corrected chi connectivity index (χ1v) is 8.65. The van der Waals surface area contributed by atoms with Crippen molar-refractivity contribution in [3.05, 3.63) is 39.7 Å². The average Bonchev–Trinajstić information content (AvgIpc) is 2.36. The standard InChI is InChI=1S/C15H16NO5P/c1-9(2)20-22(4,18)21-11-5-6-12-10(3)13(8-16)15(17)19-14(12)7-11/h5-7,9H,1-4H3. The van der Waals surface area contributed by atoms with Gasteiger partial charge in [-0.05, 0) is 38.5 Å². The molecule has 0 saturated carbocycles. The summed E-state index contributed by atoms with van der Waals surface area (Å²) in [6, 6.07) is 6.54. The van der Waals surface area contributed by atoms with Crippen molar-refractivity contribution < 1.29 is 18.0 Å². The molecule has 0 spiro atoms. The molecule has 2 rings (SSSR count). The molecule has 0 N–H and O–H groups in total. The number of rotatable bonds is 4. The lowest BCUT2D eigenvalue weighted by Gasteiger charge is -2.17. The first kappa shape index (κ1) is 16.3. The molecule has 0 fully saturated rings. The number of benzene rings is 1. The van der Waals surface area contributed by atoms with Gasteiger partial charge >= 0.3 is 13.2 Å². The molecule has 0 aliphatic carbocycles. The Morgan fingerprint density at radius 2 is 2.05 bits per heavy atom. The number of fused-ring (bicyclic) bond motifs is 1. The molecular formula is C15H16NO5P. The van der Waals surface area contributed by atoms with Gasteiger partial charge in [0.15, 0.2) is 0 Å².